The Labute approximate surface area is 213 Å². The highest BCUT2D eigenvalue weighted by atomic mass is 19.4. The number of benzene rings is 2. The van der Waals surface area contributed by atoms with E-state index in [1.165, 1.54) is 30.6 Å². The summed E-state index contributed by atoms with van der Waals surface area (Å²) in [6, 6.07) is 13.4. The van der Waals surface area contributed by atoms with Crippen LogP contribution in [-0.4, -0.2) is 60.0 Å². The maximum Gasteiger partial charge on any atom is 0.573 e. The fraction of sp³-hybridized carbons (Fsp3) is 0.333. The van der Waals surface area contributed by atoms with Crippen LogP contribution in [0.2, 0.25) is 0 Å². The highest BCUT2D eigenvalue weighted by molar-refractivity contribution is 5.94. The number of aromatic nitrogens is 1. The predicted molar refractivity (Wildman–Crippen MR) is 135 cm³/mol. The third kappa shape index (κ3) is 7.36. The summed E-state index contributed by atoms with van der Waals surface area (Å²) < 4.78 is 43.0. The summed E-state index contributed by atoms with van der Waals surface area (Å²) in [6.07, 6.45) is -1.20. The van der Waals surface area contributed by atoms with Crippen LogP contribution in [0.3, 0.4) is 0 Å². The van der Waals surface area contributed by atoms with Gasteiger partial charge in [-0.15, -0.1) is 13.2 Å². The first-order valence-electron chi connectivity index (χ1n) is 12.1. The van der Waals surface area contributed by atoms with E-state index in [2.05, 4.69) is 24.8 Å². The molecule has 7 nitrogen and oxygen atoms in total. The van der Waals surface area contributed by atoms with Crippen LogP contribution in [0.25, 0.3) is 11.1 Å². The van der Waals surface area contributed by atoms with Crippen molar-refractivity contribution >= 4 is 11.6 Å². The minimum absolute atomic E-state index is 0.0769. The van der Waals surface area contributed by atoms with E-state index in [1.54, 1.807) is 6.07 Å². The Morgan fingerprint density at radius 2 is 1.76 bits per heavy atom. The molecule has 1 amide bonds. The smallest absolute Gasteiger partial charge is 0.506 e. The molecule has 4 rings (SSSR count). The quantitative estimate of drug-likeness (QED) is 0.449. The number of nitrogens with zero attached hydrogens (tertiary/aromatic N) is 3. The number of rotatable bonds is 8. The minimum atomic E-state index is -4.81. The van der Waals surface area contributed by atoms with E-state index in [4.69, 9.17) is 0 Å². The summed E-state index contributed by atoms with van der Waals surface area (Å²) >= 11 is 0. The van der Waals surface area contributed by atoms with Gasteiger partial charge in [-0.05, 0) is 66.1 Å². The highest BCUT2D eigenvalue weighted by Crippen LogP contribution is 2.31. The van der Waals surface area contributed by atoms with Crippen LogP contribution in [0, 0.1) is 0 Å². The molecule has 1 aromatic heterocycles. The number of aromatic hydroxyl groups is 1. The van der Waals surface area contributed by atoms with Crippen LogP contribution >= 0.6 is 0 Å². The number of halogens is 3. The molecule has 37 heavy (non-hydrogen) atoms. The Morgan fingerprint density at radius 3 is 2.41 bits per heavy atom. The number of hydrogen-bond donors (Lipinski definition) is 2. The maximum atomic E-state index is 12.9. The van der Waals surface area contributed by atoms with Crippen molar-refractivity contribution < 1.29 is 27.8 Å². The molecular formula is C27H29F3N4O3. The van der Waals surface area contributed by atoms with E-state index >= 15 is 0 Å². The molecule has 1 saturated heterocycles. The van der Waals surface area contributed by atoms with Crippen molar-refractivity contribution in [1.29, 1.82) is 0 Å². The second-order valence-corrected chi connectivity index (χ2v) is 8.91. The van der Waals surface area contributed by atoms with Gasteiger partial charge in [0.15, 0.2) is 0 Å². The van der Waals surface area contributed by atoms with Crippen molar-refractivity contribution in [2.75, 3.05) is 37.6 Å². The average molecular weight is 515 g/mol. The van der Waals surface area contributed by atoms with Crippen molar-refractivity contribution in [2.24, 2.45) is 0 Å². The molecule has 10 heteroatoms. The minimum Gasteiger partial charge on any atom is -0.506 e. The Morgan fingerprint density at radius 1 is 1.03 bits per heavy atom. The number of hydrogen-bond acceptors (Lipinski definition) is 6. The monoisotopic (exact) mass is 514 g/mol. The van der Waals surface area contributed by atoms with Gasteiger partial charge in [0.2, 0.25) is 0 Å². The molecule has 0 radical (unpaired) electrons. The number of anilines is 1. The molecule has 1 fully saturated rings. The van der Waals surface area contributed by atoms with Gasteiger partial charge in [0.25, 0.3) is 5.91 Å². The summed E-state index contributed by atoms with van der Waals surface area (Å²) in [5.41, 5.74) is 3.27. The summed E-state index contributed by atoms with van der Waals surface area (Å²) in [5.74, 6) is -0.479. The number of amides is 1. The van der Waals surface area contributed by atoms with E-state index in [0.29, 0.717) is 48.4 Å². The molecule has 2 N–H and O–H groups in total. The van der Waals surface area contributed by atoms with Crippen LogP contribution < -0.4 is 15.0 Å². The SMILES string of the molecule is CCCNC(=O)c1ccc(N2CCN(Cc3cc(OC(F)(F)F)cc(-c4cncc(O)c4)c3)CC2)cc1. The summed E-state index contributed by atoms with van der Waals surface area (Å²) in [5, 5.41) is 12.6. The van der Waals surface area contributed by atoms with E-state index in [9.17, 15) is 23.1 Å². The number of carbonyl (C=O) groups excluding carboxylic acids is 1. The van der Waals surface area contributed by atoms with Crippen LogP contribution in [0.4, 0.5) is 18.9 Å². The molecular weight excluding hydrogens is 485 g/mol. The lowest BCUT2D eigenvalue weighted by Crippen LogP contribution is -2.46. The molecule has 1 aliphatic heterocycles. The molecule has 0 unspecified atom stereocenters. The third-order valence-electron chi connectivity index (χ3n) is 6.07. The van der Waals surface area contributed by atoms with Crippen molar-refractivity contribution in [1.82, 2.24) is 15.2 Å². The number of carbonyl (C=O) groups is 1. The van der Waals surface area contributed by atoms with Gasteiger partial charge in [0.05, 0.1) is 6.20 Å². The molecule has 2 aromatic carbocycles. The van der Waals surface area contributed by atoms with Gasteiger partial charge in [0, 0.05) is 62.3 Å². The lowest BCUT2D eigenvalue weighted by atomic mass is 10.0. The lowest BCUT2D eigenvalue weighted by Gasteiger charge is -2.36. The fourth-order valence-corrected chi connectivity index (χ4v) is 4.28. The molecule has 0 spiro atoms. The number of ether oxygens (including phenoxy) is 1. The Balaban J connectivity index is 1.42. The zero-order chi connectivity index (χ0) is 26.4. The van der Waals surface area contributed by atoms with Gasteiger partial charge in [0.1, 0.15) is 11.5 Å². The molecule has 0 aliphatic carbocycles. The zero-order valence-electron chi connectivity index (χ0n) is 20.5. The number of piperazine rings is 1. The van der Waals surface area contributed by atoms with Crippen LogP contribution in [-0.2, 0) is 6.54 Å². The zero-order valence-corrected chi connectivity index (χ0v) is 20.5. The summed E-state index contributed by atoms with van der Waals surface area (Å²) in [6.45, 7) is 5.99. The molecule has 3 aromatic rings. The Kier molecular flexibility index (Phi) is 8.17. The van der Waals surface area contributed by atoms with Gasteiger partial charge in [-0.2, -0.15) is 0 Å². The van der Waals surface area contributed by atoms with Crippen LogP contribution in [0.1, 0.15) is 29.3 Å². The topological polar surface area (TPSA) is 77.9 Å². The van der Waals surface area contributed by atoms with Crippen LogP contribution in [0.5, 0.6) is 11.5 Å². The van der Waals surface area contributed by atoms with E-state index in [1.807, 2.05) is 31.2 Å². The molecule has 196 valence electrons. The van der Waals surface area contributed by atoms with Gasteiger partial charge >= 0.3 is 6.36 Å². The summed E-state index contributed by atoms with van der Waals surface area (Å²) in [7, 11) is 0. The molecule has 2 heterocycles. The number of alkyl halides is 3. The second kappa shape index (κ2) is 11.5. The van der Waals surface area contributed by atoms with Gasteiger partial charge < -0.3 is 20.1 Å². The Hall–Kier alpha value is -3.79. The highest BCUT2D eigenvalue weighted by Gasteiger charge is 2.31. The predicted octanol–water partition coefficient (Wildman–Crippen LogP) is 4.81. The largest absolute Gasteiger partial charge is 0.573 e. The van der Waals surface area contributed by atoms with Crippen molar-refractivity contribution in [3.05, 3.63) is 72.1 Å². The third-order valence-corrected chi connectivity index (χ3v) is 6.07. The van der Waals surface area contributed by atoms with E-state index in [0.717, 1.165) is 25.2 Å². The molecule has 0 saturated carbocycles. The maximum absolute atomic E-state index is 12.9. The first-order chi connectivity index (χ1) is 17.7. The normalized spacial score (nSPS) is 14.4. The first kappa shape index (κ1) is 26.3. The number of pyridine rings is 1. The summed E-state index contributed by atoms with van der Waals surface area (Å²) in [4.78, 5) is 20.4. The van der Waals surface area contributed by atoms with Gasteiger partial charge in [-0.1, -0.05) is 6.92 Å². The lowest BCUT2D eigenvalue weighted by molar-refractivity contribution is -0.274. The Bertz CT molecular complexity index is 1210. The van der Waals surface area contributed by atoms with Crippen molar-refractivity contribution in [2.45, 2.75) is 26.3 Å². The van der Waals surface area contributed by atoms with Gasteiger partial charge in [-0.25, -0.2) is 0 Å². The molecule has 0 atom stereocenters. The molecule has 1 aliphatic rings. The second-order valence-electron chi connectivity index (χ2n) is 8.91. The van der Waals surface area contributed by atoms with Crippen molar-refractivity contribution in [3.8, 4) is 22.6 Å². The average Bonchev–Trinajstić information content (AvgIpc) is 2.87. The number of nitrogens with one attached hydrogen (secondary N) is 1. The van der Waals surface area contributed by atoms with E-state index in [-0.39, 0.29) is 17.4 Å². The standard InChI is InChI=1S/C27H29F3N4O3/c1-2-7-32-26(36)20-3-5-23(6-4-20)34-10-8-33(9-11-34)18-19-12-21(22-14-24(35)17-31-16-22)15-25(13-19)37-27(28,29)30/h3-6,12-17,35H,2,7-11,18H2,1H3,(H,32,36). The van der Waals surface area contributed by atoms with Gasteiger partial charge in [-0.3, -0.25) is 14.7 Å². The van der Waals surface area contributed by atoms with Crippen LogP contribution in [0.15, 0.2) is 60.9 Å². The first-order valence-corrected chi connectivity index (χ1v) is 12.1. The van der Waals surface area contributed by atoms with E-state index < -0.39 is 6.36 Å². The molecule has 0 bridgehead atoms. The fourth-order valence-electron chi connectivity index (χ4n) is 4.28. The van der Waals surface area contributed by atoms with Crippen molar-refractivity contribution in [3.63, 3.8) is 0 Å².